The molecule has 1 fully saturated rings. The summed E-state index contributed by atoms with van der Waals surface area (Å²) in [6.45, 7) is 7.76. The highest BCUT2D eigenvalue weighted by molar-refractivity contribution is 7.10. The number of likely N-dealkylation sites (N-methyl/N-ethyl adjacent to an activating group) is 1. The number of nitrogens with zero attached hydrogens (tertiary/aromatic N) is 2. The monoisotopic (exact) mass is 337 g/mol. The molecular formula is C17H27N3O2S. The molecule has 1 saturated heterocycles. The largest absolute Gasteiger partial charge is 0.354 e. The van der Waals surface area contributed by atoms with Gasteiger partial charge in [0.2, 0.25) is 11.8 Å². The molecule has 23 heavy (non-hydrogen) atoms. The second-order valence-corrected chi connectivity index (χ2v) is 6.91. The zero-order valence-corrected chi connectivity index (χ0v) is 15.1. The lowest BCUT2D eigenvalue weighted by Crippen LogP contribution is -2.47. The van der Waals surface area contributed by atoms with Crippen molar-refractivity contribution in [3.8, 4) is 0 Å². The maximum atomic E-state index is 12.7. The van der Waals surface area contributed by atoms with Gasteiger partial charge in [-0.2, -0.15) is 0 Å². The Labute approximate surface area is 142 Å². The molecular weight excluding hydrogens is 310 g/mol. The highest BCUT2D eigenvalue weighted by atomic mass is 32.1. The Kier molecular flexibility index (Phi) is 6.59. The van der Waals surface area contributed by atoms with E-state index in [1.165, 1.54) is 0 Å². The van der Waals surface area contributed by atoms with Crippen LogP contribution in [0, 0.1) is 5.92 Å². The highest BCUT2D eigenvalue weighted by Gasteiger charge is 2.39. The standard InChI is InChI=1S/C17H27N3O2S/c1-4-20(5-2)11-10-18-17(22)13-8-9-15(21)19(3)16(13)14-7-6-12-23-14/h6-7,12-13,16H,4-5,8-11H2,1-3H3,(H,18,22). The van der Waals surface area contributed by atoms with Gasteiger partial charge < -0.3 is 15.1 Å². The predicted octanol–water partition coefficient (Wildman–Crippen LogP) is 2.12. The first kappa shape index (κ1) is 17.9. The van der Waals surface area contributed by atoms with Crippen LogP contribution in [0.3, 0.4) is 0 Å². The van der Waals surface area contributed by atoms with Crippen molar-refractivity contribution in [2.45, 2.75) is 32.7 Å². The third-order valence-electron chi connectivity index (χ3n) is 4.65. The average molecular weight is 337 g/mol. The van der Waals surface area contributed by atoms with E-state index in [1.807, 2.05) is 24.6 Å². The number of likely N-dealkylation sites (tertiary alicyclic amines) is 1. The average Bonchev–Trinajstić information content (AvgIpc) is 3.07. The van der Waals surface area contributed by atoms with Crippen molar-refractivity contribution in [3.63, 3.8) is 0 Å². The van der Waals surface area contributed by atoms with Crippen molar-refractivity contribution in [2.75, 3.05) is 33.2 Å². The molecule has 128 valence electrons. The molecule has 1 aromatic rings. The van der Waals surface area contributed by atoms with Gasteiger partial charge in [-0.25, -0.2) is 0 Å². The first-order valence-corrected chi connectivity index (χ1v) is 9.25. The fourth-order valence-electron chi connectivity index (χ4n) is 3.17. The van der Waals surface area contributed by atoms with Crippen LogP contribution in [0.25, 0.3) is 0 Å². The first-order valence-electron chi connectivity index (χ1n) is 8.37. The zero-order valence-electron chi connectivity index (χ0n) is 14.2. The zero-order chi connectivity index (χ0) is 16.8. The lowest BCUT2D eigenvalue weighted by atomic mass is 9.87. The maximum Gasteiger partial charge on any atom is 0.225 e. The summed E-state index contributed by atoms with van der Waals surface area (Å²) < 4.78 is 0. The Morgan fingerprint density at radius 1 is 1.43 bits per heavy atom. The minimum absolute atomic E-state index is 0.0647. The first-order chi connectivity index (χ1) is 11.1. The van der Waals surface area contributed by atoms with Crippen molar-refractivity contribution < 1.29 is 9.59 Å². The second-order valence-electron chi connectivity index (χ2n) is 5.93. The van der Waals surface area contributed by atoms with Gasteiger partial charge in [-0.3, -0.25) is 9.59 Å². The summed E-state index contributed by atoms with van der Waals surface area (Å²) in [5.41, 5.74) is 0. The Bertz CT molecular complexity index is 514. The number of piperidine rings is 1. The summed E-state index contributed by atoms with van der Waals surface area (Å²) in [4.78, 5) is 29.8. The van der Waals surface area contributed by atoms with Crippen molar-refractivity contribution in [3.05, 3.63) is 22.4 Å². The molecule has 0 aromatic carbocycles. The van der Waals surface area contributed by atoms with Crippen LogP contribution in [0.2, 0.25) is 0 Å². The van der Waals surface area contributed by atoms with Gasteiger partial charge in [0, 0.05) is 31.4 Å². The number of nitrogens with one attached hydrogen (secondary N) is 1. The number of hydrogen-bond donors (Lipinski definition) is 1. The topological polar surface area (TPSA) is 52.7 Å². The van der Waals surface area contributed by atoms with Gasteiger partial charge in [0.25, 0.3) is 0 Å². The summed E-state index contributed by atoms with van der Waals surface area (Å²) in [5.74, 6) is 0.0264. The molecule has 1 N–H and O–H groups in total. The molecule has 1 aliphatic rings. The molecule has 0 radical (unpaired) electrons. The van der Waals surface area contributed by atoms with Crippen molar-refractivity contribution >= 4 is 23.2 Å². The van der Waals surface area contributed by atoms with Crippen molar-refractivity contribution in [1.82, 2.24) is 15.1 Å². The molecule has 1 aromatic heterocycles. The van der Waals surface area contributed by atoms with E-state index in [9.17, 15) is 9.59 Å². The van der Waals surface area contributed by atoms with Crippen LogP contribution in [-0.2, 0) is 9.59 Å². The summed E-state index contributed by atoms with van der Waals surface area (Å²) >= 11 is 1.61. The minimum Gasteiger partial charge on any atom is -0.354 e. The van der Waals surface area contributed by atoms with Gasteiger partial charge in [0.05, 0.1) is 12.0 Å². The number of thiophene rings is 1. The van der Waals surface area contributed by atoms with Crippen LogP contribution < -0.4 is 5.32 Å². The lowest BCUT2D eigenvalue weighted by molar-refractivity contribution is -0.141. The van der Waals surface area contributed by atoms with Crippen LogP contribution in [0.5, 0.6) is 0 Å². The fourth-order valence-corrected chi connectivity index (χ4v) is 4.10. The number of hydrogen-bond acceptors (Lipinski definition) is 4. The molecule has 5 nitrogen and oxygen atoms in total. The smallest absolute Gasteiger partial charge is 0.225 e. The van der Waals surface area contributed by atoms with E-state index < -0.39 is 0 Å². The molecule has 2 rings (SSSR count). The number of carbonyl (C=O) groups excluding carboxylic acids is 2. The summed E-state index contributed by atoms with van der Waals surface area (Å²) in [5, 5.41) is 5.06. The lowest BCUT2D eigenvalue weighted by Gasteiger charge is -2.37. The van der Waals surface area contributed by atoms with Gasteiger partial charge in [-0.05, 0) is 31.0 Å². The molecule has 0 bridgehead atoms. The molecule has 2 unspecified atom stereocenters. The molecule has 1 aliphatic heterocycles. The van der Waals surface area contributed by atoms with Crippen LogP contribution >= 0.6 is 11.3 Å². The SMILES string of the molecule is CCN(CC)CCNC(=O)C1CCC(=O)N(C)C1c1cccs1. The van der Waals surface area contributed by atoms with E-state index in [1.54, 1.807) is 16.2 Å². The Morgan fingerprint density at radius 3 is 2.78 bits per heavy atom. The Balaban J connectivity index is 2.00. The predicted molar refractivity (Wildman–Crippen MR) is 93.4 cm³/mol. The van der Waals surface area contributed by atoms with E-state index in [-0.39, 0.29) is 23.8 Å². The van der Waals surface area contributed by atoms with E-state index in [4.69, 9.17) is 0 Å². The Hall–Kier alpha value is -1.40. The third-order valence-corrected chi connectivity index (χ3v) is 5.60. The summed E-state index contributed by atoms with van der Waals surface area (Å²) in [6.07, 6.45) is 1.08. The van der Waals surface area contributed by atoms with Gasteiger partial charge in [0.1, 0.15) is 0 Å². The van der Waals surface area contributed by atoms with Crippen LogP contribution in [0.1, 0.15) is 37.6 Å². The van der Waals surface area contributed by atoms with Crippen LogP contribution in [0.15, 0.2) is 17.5 Å². The number of amides is 2. The Morgan fingerprint density at radius 2 is 2.17 bits per heavy atom. The number of rotatable bonds is 7. The molecule has 0 spiro atoms. The number of carbonyl (C=O) groups is 2. The van der Waals surface area contributed by atoms with Gasteiger partial charge in [0.15, 0.2) is 0 Å². The summed E-state index contributed by atoms with van der Waals surface area (Å²) in [6, 6.07) is 3.85. The molecule has 0 saturated carbocycles. The van der Waals surface area contributed by atoms with Crippen molar-refractivity contribution in [1.29, 1.82) is 0 Å². The van der Waals surface area contributed by atoms with Crippen LogP contribution in [0.4, 0.5) is 0 Å². The molecule has 2 amide bonds. The van der Waals surface area contributed by atoms with E-state index >= 15 is 0 Å². The second kappa shape index (κ2) is 8.45. The fraction of sp³-hybridized carbons (Fsp3) is 0.647. The molecule has 2 atom stereocenters. The third kappa shape index (κ3) is 4.32. The minimum atomic E-state index is -0.159. The van der Waals surface area contributed by atoms with Gasteiger partial charge >= 0.3 is 0 Å². The summed E-state index contributed by atoms with van der Waals surface area (Å²) in [7, 11) is 1.81. The van der Waals surface area contributed by atoms with E-state index in [2.05, 4.69) is 24.1 Å². The molecule has 6 heteroatoms. The quantitative estimate of drug-likeness (QED) is 0.829. The van der Waals surface area contributed by atoms with Gasteiger partial charge in [-0.1, -0.05) is 19.9 Å². The molecule has 0 aliphatic carbocycles. The van der Waals surface area contributed by atoms with E-state index in [0.717, 1.165) is 24.5 Å². The van der Waals surface area contributed by atoms with E-state index in [0.29, 0.717) is 19.4 Å². The highest BCUT2D eigenvalue weighted by Crippen LogP contribution is 2.37. The van der Waals surface area contributed by atoms with Crippen LogP contribution in [-0.4, -0.2) is 54.8 Å². The van der Waals surface area contributed by atoms with Gasteiger partial charge in [-0.15, -0.1) is 11.3 Å². The normalized spacial score (nSPS) is 21.7. The van der Waals surface area contributed by atoms with Crippen molar-refractivity contribution in [2.24, 2.45) is 5.92 Å². The molecule has 2 heterocycles. The maximum absolute atomic E-state index is 12.7.